The first-order valence-electron chi connectivity index (χ1n) is 15.9. The first-order valence-corrected chi connectivity index (χ1v) is 15.9. The van der Waals surface area contributed by atoms with Crippen molar-refractivity contribution < 1.29 is 28.8 Å². The van der Waals surface area contributed by atoms with Crippen molar-refractivity contribution in [3.8, 4) is 34.1 Å². The van der Waals surface area contributed by atoms with Gasteiger partial charge in [-0.15, -0.1) is 0 Å². The number of hydrogen-bond donors (Lipinski definition) is 1. The van der Waals surface area contributed by atoms with Gasteiger partial charge in [-0.1, -0.05) is 36.4 Å². The van der Waals surface area contributed by atoms with Crippen LogP contribution in [0.25, 0.3) is 21.9 Å². The van der Waals surface area contributed by atoms with Crippen LogP contribution in [0, 0.1) is 0 Å². The highest BCUT2D eigenvalue weighted by Crippen LogP contribution is 2.45. The average molecular weight is 638 g/mol. The number of aliphatic hydroxyl groups excluding tert-OH is 1. The molecule has 0 aliphatic rings. The van der Waals surface area contributed by atoms with Crippen molar-refractivity contribution in [1.82, 2.24) is 4.57 Å². The first kappa shape index (κ1) is 33.6. The van der Waals surface area contributed by atoms with Gasteiger partial charge < -0.3 is 33.4 Å². The van der Waals surface area contributed by atoms with E-state index < -0.39 is 0 Å². The Morgan fingerprint density at radius 3 is 1.79 bits per heavy atom. The molecule has 246 valence electrons. The summed E-state index contributed by atoms with van der Waals surface area (Å²) in [4.78, 5) is 13.5. The van der Waals surface area contributed by atoms with Gasteiger partial charge >= 0.3 is 0 Å². The lowest BCUT2D eigenvalue weighted by Crippen LogP contribution is -2.21. The van der Waals surface area contributed by atoms with E-state index in [0.29, 0.717) is 50.7 Å². The molecule has 47 heavy (non-hydrogen) atoms. The summed E-state index contributed by atoms with van der Waals surface area (Å²) in [5.74, 6) is 2.70. The van der Waals surface area contributed by atoms with Crippen LogP contribution in [0.15, 0.2) is 83.8 Å². The van der Waals surface area contributed by atoms with Crippen LogP contribution in [-0.4, -0.2) is 50.8 Å². The molecule has 0 radical (unpaired) electrons. The third-order valence-corrected chi connectivity index (χ3v) is 8.41. The Morgan fingerprint density at radius 2 is 1.26 bits per heavy atom. The number of hydrogen-bond acceptors (Lipinski definition) is 7. The molecule has 8 nitrogen and oxygen atoms in total. The summed E-state index contributed by atoms with van der Waals surface area (Å²) >= 11 is 0. The predicted molar refractivity (Wildman–Crippen MR) is 185 cm³/mol. The largest absolute Gasteiger partial charge is 0.496 e. The van der Waals surface area contributed by atoms with Crippen molar-refractivity contribution in [1.29, 1.82) is 0 Å². The van der Waals surface area contributed by atoms with Crippen LogP contribution in [0.4, 0.5) is 0 Å². The maximum absolute atomic E-state index is 13.5. The van der Waals surface area contributed by atoms with Crippen molar-refractivity contribution in [2.45, 2.75) is 39.8 Å². The number of aromatic nitrogens is 1. The van der Waals surface area contributed by atoms with E-state index >= 15 is 0 Å². The van der Waals surface area contributed by atoms with Crippen LogP contribution in [0.3, 0.4) is 0 Å². The van der Waals surface area contributed by atoms with Crippen LogP contribution >= 0.6 is 0 Å². The summed E-state index contributed by atoms with van der Waals surface area (Å²) in [7, 11) is 4.95. The molecule has 1 N–H and O–H groups in total. The Labute approximate surface area is 276 Å². The molecular weight excluding hydrogens is 594 g/mol. The van der Waals surface area contributed by atoms with Crippen molar-refractivity contribution >= 4 is 10.8 Å². The standard InChI is InChI=1S/C39H43NO7/c1-6-46-36-23-30-32(24-37(36)47-7-2)39(28-16-17-40(18-19-43-3)38(42)22-28)31(21-27-13-9-11-15-35(27)45-5)29(33(30)25-41)20-26-12-8-10-14-34(26)44-4/h8-17,22-24,41H,6-7,18-21,25H2,1-5H3. The van der Waals surface area contributed by atoms with E-state index in [4.69, 9.17) is 23.7 Å². The molecule has 4 aromatic carbocycles. The molecule has 0 atom stereocenters. The molecule has 0 saturated heterocycles. The zero-order chi connectivity index (χ0) is 33.3. The molecule has 0 saturated carbocycles. The Morgan fingerprint density at radius 1 is 0.681 bits per heavy atom. The molecule has 1 aromatic heterocycles. The average Bonchev–Trinajstić information content (AvgIpc) is 3.09. The van der Waals surface area contributed by atoms with Gasteiger partial charge in [-0.2, -0.15) is 0 Å². The molecule has 0 bridgehead atoms. The van der Waals surface area contributed by atoms with E-state index in [2.05, 4.69) is 0 Å². The summed E-state index contributed by atoms with van der Waals surface area (Å²) in [5, 5.41) is 12.8. The van der Waals surface area contributed by atoms with Gasteiger partial charge in [0.25, 0.3) is 5.56 Å². The molecule has 0 aliphatic carbocycles. The van der Waals surface area contributed by atoms with Gasteiger partial charge in [0.2, 0.25) is 0 Å². The highest BCUT2D eigenvalue weighted by atomic mass is 16.5. The number of benzene rings is 4. The van der Waals surface area contributed by atoms with E-state index in [1.807, 2.05) is 86.8 Å². The minimum absolute atomic E-state index is 0.135. The minimum atomic E-state index is -0.210. The molecule has 5 rings (SSSR count). The number of nitrogens with zero attached hydrogens (tertiary/aromatic N) is 1. The fraction of sp³-hybridized carbons (Fsp3) is 0.308. The molecular formula is C39H43NO7. The highest BCUT2D eigenvalue weighted by molar-refractivity contribution is 6.03. The lowest BCUT2D eigenvalue weighted by molar-refractivity contribution is 0.186. The number of methoxy groups -OCH3 is 3. The number of aliphatic hydroxyl groups is 1. The van der Waals surface area contributed by atoms with Crippen molar-refractivity contribution in [2.75, 3.05) is 41.2 Å². The molecule has 0 amide bonds. The fourth-order valence-electron chi connectivity index (χ4n) is 6.25. The molecule has 0 spiro atoms. The second kappa shape index (κ2) is 15.7. The SMILES string of the molecule is CCOc1cc2c(CO)c(Cc3ccccc3OC)c(Cc3ccccc3OC)c(-c3ccn(CCOC)c(=O)c3)c2cc1OCC. The number of fused-ring (bicyclic) bond motifs is 1. The lowest BCUT2D eigenvalue weighted by Gasteiger charge is -2.25. The van der Waals surface area contributed by atoms with Crippen molar-refractivity contribution in [2.24, 2.45) is 0 Å². The Bertz CT molecular complexity index is 1900. The monoisotopic (exact) mass is 637 g/mol. The van der Waals surface area contributed by atoms with E-state index in [-0.39, 0.29) is 12.2 Å². The maximum Gasteiger partial charge on any atom is 0.251 e. The molecule has 0 unspecified atom stereocenters. The Balaban J connectivity index is 1.93. The van der Waals surface area contributed by atoms with Gasteiger partial charge in [-0.25, -0.2) is 0 Å². The minimum Gasteiger partial charge on any atom is -0.496 e. The number of rotatable bonds is 15. The van der Waals surface area contributed by atoms with Gasteiger partial charge in [0.05, 0.1) is 40.6 Å². The fourth-order valence-corrected chi connectivity index (χ4v) is 6.25. The summed E-state index contributed by atoms with van der Waals surface area (Å²) in [6, 6.07) is 23.4. The smallest absolute Gasteiger partial charge is 0.251 e. The number of ether oxygens (including phenoxy) is 5. The maximum atomic E-state index is 13.5. The highest BCUT2D eigenvalue weighted by Gasteiger charge is 2.25. The molecule has 8 heteroatoms. The van der Waals surface area contributed by atoms with Gasteiger partial charge in [0.15, 0.2) is 11.5 Å². The zero-order valence-corrected chi connectivity index (χ0v) is 27.8. The summed E-state index contributed by atoms with van der Waals surface area (Å²) < 4.78 is 30.6. The first-order chi connectivity index (χ1) is 23.0. The normalized spacial score (nSPS) is 11.1. The molecule has 5 aromatic rings. The van der Waals surface area contributed by atoms with Crippen LogP contribution in [0.2, 0.25) is 0 Å². The van der Waals surface area contributed by atoms with E-state index in [1.54, 1.807) is 32.0 Å². The predicted octanol–water partition coefficient (Wildman–Crippen LogP) is 6.80. The van der Waals surface area contributed by atoms with Gasteiger partial charge in [0.1, 0.15) is 11.5 Å². The van der Waals surface area contributed by atoms with Gasteiger partial charge in [0, 0.05) is 38.8 Å². The third-order valence-electron chi connectivity index (χ3n) is 8.41. The van der Waals surface area contributed by atoms with Crippen LogP contribution in [0.5, 0.6) is 23.0 Å². The Kier molecular flexibility index (Phi) is 11.2. The van der Waals surface area contributed by atoms with Crippen LogP contribution in [-0.2, 0) is 30.7 Å². The topological polar surface area (TPSA) is 88.4 Å². The number of pyridine rings is 1. The summed E-state index contributed by atoms with van der Waals surface area (Å²) in [6.07, 6.45) is 2.78. The van der Waals surface area contributed by atoms with Crippen LogP contribution < -0.4 is 24.5 Å². The quantitative estimate of drug-likeness (QED) is 0.135. The van der Waals surface area contributed by atoms with Gasteiger partial charge in [-0.05, 0) is 93.9 Å². The van der Waals surface area contributed by atoms with Crippen LogP contribution in [0.1, 0.15) is 41.7 Å². The third kappa shape index (κ3) is 7.14. The van der Waals surface area contributed by atoms with Crippen molar-refractivity contribution in [3.63, 3.8) is 0 Å². The van der Waals surface area contributed by atoms with E-state index in [9.17, 15) is 9.90 Å². The van der Waals surface area contributed by atoms with Crippen molar-refractivity contribution in [3.05, 3.63) is 117 Å². The zero-order valence-electron chi connectivity index (χ0n) is 27.8. The van der Waals surface area contributed by atoms with Gasteiger partial charge in [-0.3, -0.25) is 4.79 Å². The second-order valence-electron chi connectivity index (χ2n) is 11.1. The summed E-state index contributed by atoms with van der Waals surface area (Å²) in [6.45, 7) is 5.42. The second-order valence-corrected chi connectivity index (χ2v) is 11.1. The number of para-hydroxylation sites is 2. The molecule has 1 heterocycles. The van der Waals surface area contributed by atoms with E-state index in [1.165, 1.54) is 0 Å². The Hall–Kier alpha value is -4.79. The lowest BCUT2D eigenvalue weighted by atomic mass is 9.81. The summed E-state index contributed by atoms with van der Waals surface area (Å²) in [5.41, 5.74) is 6.15. The molecule has 0 aliphatic heterocycles. The van der Waals surface area contributed by atoms with E-state index in [0.717, 1.165) is 61.2 Å². The molecule has 0 fully saturated rings.